The second-order valence-corrected chi connectivity index (χ2v) is 6.06. The first-order valence-corrected chi connectivity index (χ1v) is 7.91. The average Bonchev–Trinajstić information content (AvgIpc) is 2.97. The monoisotopic (exact) mass is 381 g/mol. The number of nitrogens with one attached hydrogen (secondary N) is 1. The average molecular weight is 382 g/mol. The van der Waals surface area contributed by atoms with E-state index in [9.17, 15) is 13.6 Å². The van der Waals surface area contributed by atoms with Gasteiger partial charge >= 0.3 is 0 Å². The smallest absolute Gasteiger partial charge is 0.261 e. The van der Waals surface area contributed by atoms with Crippen LogP contribution in [0.1, 0.15) is 15.9 Å². The topological polar surface area (TPSA) is 46.9 Å². The molecule has 0 radical (unpaired) electrons. The van der Waals surface area contributed by atoms with Gasteiger partial charge in [-0.15, -0.1) is 0 Å². The molecule has 3 aromatic rings. The van der Waals surface area contributed by atoms with Gasteiger partial charge in [0, 0.05) is 16.2 Å². The zero-order valence-corrected chi connectivity index (χ0v) is 14.2. The van der Waals surface area contributed by atoms with Crippen LogP contribution in [-0.4, -0.2) is 15.7 Å². The van der Waals surface area contributed by atoms with Gasteiger partial charge < -0.3 is 5.32 Å². The van der Waals surface area contributed by atoms with E-state index in [0.717, 1.165) is 17.7 Å². The van der Waals surface area contributed by atoms with Crippen LogP contribution in [-0.2, 0) is 6.54 Å². The van der Waals surface area contributed by atoms with Gasteiger partial charge in [0.15, 0.2) is 0 Å². The van der Waals surface area contributed by atoms with Gasteiger partial charge in [-0.1, -0.05) is 35.3 Å². The molecule has 1 heterocycles. The lowest BCUT2D eigenvalue weighted by Gasteiger charge is -2.06. The summed E-state index contributed by atoms with van der Waals surface area (Å²) in [5, 5.41) is 7.51. The summed E-state index contributed by atoms with van der Waals surface area (Å²) >= 11 is 12.0. The largest absolute Gasteiger partial charge is 0.319 e. The Labute approximate surface area is 152 Å². The van der Waals surface area contributed by atoms with Crippen LogP contribution < -0.4 is 5.32 Å². The van der Waals surface area contributed by atoms with Crippen LogP contribution in [0, 0.1) is 11.6 Å². The number of hydrogen-bond donors (Lipinski definition) is 1. The van der Waals surface area contributed by atoms with Crippen molar-refractivity contribution in [2.45, 2.75) is 6.54 Å². The molecule has 25 heavy (non-hydrogen) atoms. The first-order chi connectivity index (χ1) is 11.9. The number of halogens is 4. The van der Waals surface area contributed by atoms with Crippen molar-refractivity contribution in [3.8, 4) is 0 Å². The fraction of sp³-hybridized carbons (Fsp3) is 0.0588. The summed E-state index contributed by atoms with van der Waals surface area (Å²) in [7, 11) is 0. The molecule has 0 saturated carbocycles. The summed E-state index contributed by atoms with van der Waals surface area (Å²) in [6, 6.07) is 8.31. The Kier molecular flexibility index (Phi) is 5.01. The molecule has 128 valence electrons. The highest BCUT2D eigenvalue weighted by Crippen LogP contribution is 2.22. The summed E-state index contributed by atoms with van der Waals surface area (Å²) in [4.78, 5) is 12.1. The van der Waals surface area contributed by atoms with Crippen LogP contribution in [0.5, 0.6) is 0 Å². The van der Waals surface area contributed by atoms with E-state index in [0.29, 0.717) is 22.3 Å². The first kappa shape index (κ1) is 17.4. The molecule has 8 heteroatoms. The van der Waals surface area contributed by atoms with Crippen molar-refractivity contribution < 1.29 is 13.6 Å². The molecule has 1 aromatic heterocycles. The molecule has 1 N–H and O–H groups in total. The third-order valence-electron chi connectivity index (χ3n) is 3.43. The summed E-state index contributed by atoms with van der Waals surface area (Å²) in [5.74, 6) is -2.75. The lowest BCUT2D eigenvalue weighted by molar-refractivity contribution is 0.101. The Balaban J connectivity index is 1.74. The van der Waals surface area contributed by atoms with Crippen LogP contribution in [0.2, 0.25) is 10.0 Å². The number of hydrogen-bond acceptors (Lipinski definition) is 2. The quantitative estimate of drug-likeness (QED) is 0.707. The van der Waals surface area contributed by atoms with Gasteiger partial charge in [0.2, 0.25) is 0 Å². The maximum atomic E-state index is 13.6. The molecular formula is C17H11Cl2F2N3O. The predicted octanol–water partition coefficient (Wildman–Crippen LogP) is 4.77. The van der Waals surface area contributed by atoms with E-state index in [1.807, 2.05) is 0 Å². The molecule has 0 bridgehead atoms. The Morgan fingerprint density at radius 2 is 1.88 bits per heavy atom. The maximum absolute atomic E-state index is 13.6. The summed E-state index contributed by atoms with van der Waals surface area (Å²) in [6.45, 7) is 0.347. The van der Waals surface area contributed by atoms with Gasteiger partial charge in [-0.05, 0) is 29.8 Å². The van der Waals surface area contributed by atoms with Crippen LogP contribution in [0.3, 0.4) is 0 Å². The number of anilines is 1. The molecule has 0 atom stereocenters. The Morgan fingerprint density at radius 3 is 2.56 bits per heavy atom. The van der Waals surface area contributed by atoms with Crippen molar-refractivity contribution >= 4 is 34.8 Å². The second kappa shape index (κ2) is 7.21. The van der Waals surface area contributed by atoms with Crippen molar-refractivity contribution in [3.63, 3.8) is 0 Å². The Bertz CT molecular complexity index is 923. The molecule has 0 aliphatic carbocycles. The van der Waals surface area contributed by atoms with E-state index in [4.69, 9.17) is 23.2 Å². The third kappa shape index (κ3) is 3.97. The molecule has 0 fully saturated rings. The number of benzene rings is 2. The molecule has 0 unspecified atom stereocenters. The van der Waals surface area contributed by atoms with Gasteiger partial charge in [-0.25, -0.2) is 8.78 Å². The van der Waals surface area contributed by atoms with Crippen LogP contribution in [0.15, 0.2) is 48.8 Å². The van der Waals surface area contributed by atoms with E-state index in [1.165, 1.54) is 23.1 Å². The highest BCUT2D eigenvalue weighted by Gasteiger charge is 2.17. The number of aromatic nitrogens is 2. The van der Waals surface area contributed by atoms with Gasteiger partial charge in [0.25, 0.3) is 5.91 Å². The molecule has 0 aliphatic heterocycles. The van der Waals surface area contributed by atoms with Crippen molar-refractivity contribution in [1.29, 1.82) is 0 Å². The minimum absolute atomic E-state index is 0.303. The van der Waals surface area contributed by atoms with Crippen molar-refractivity contribution in [1.82, 2.24) is 9.78 Å². The second-order valence-electron chi connectivity index (χ2n) is 5.21. The maximum Gasteiger partial charge on any atom is 0.261 e. The number of carbonyl (C=O) groups is 1. The minimum Gasteiger partial charge on any atom is -0.319 e. The van der Waals surface area contributed by atoms with Crippen LogP contribution in [0.25, 0.3) is 0 Å². The zero-order chi connectivity index (χ0) is 18.0. The molecule has 0 spiro atoms. The van der Waals surface area contributed by atoms with Crippen LogP contribution in [0.4, 0.5) is 14.5 Å². The number of nitrogens with zero attached hydrogens (tertiary/aromatic N) is 2. The SMILES string of the molecule is O=C(Nc1cnn(Cc2ccc(Cl)cc2Cl)c1)c1c(F)cccc1F. The first-order valence-electron chi connectivity index (χ1n) is 7.16. The Morgan fingerprint density at radius 1 is 1.16 bits per heavy atom. The fourth-order valence-electron chi connectivity index (χ4n) is 2.25. The summed E-state index contributed by atoms with van der Waals surface area (Å²) in [6.07, 6.45) is 2.90. The molecule has 4 nitrogen and oxygen atoms in total. The zero-order valence-electron chi connectivity index (χ0n) is 12.6. The van der Waals surface area contributed by atoms with Gasteiger partial charge in [0.1, 0.15) is 17.2 Å². The predicted molar refractivity (Wildman–Crippen MR) is 92.1 cm³/mol. The number of carbonyl (C=O) groups excluding carboxylic acids is 1. The summed E-state index contributed by atoms with van der Waals surface area (Å²) < 4.78 is 28.8. The normalized spacial score (nSPS) is 10.7. The fourth-order valence-corrected chi connectivity index (χ4v) is 2.72. The third-order valence-corrected chi connectivity index (χ3v) is 4.02. The Hall–Kier alpha value is -2.44. The van der Waals surface area contributed by atoms with E-state index >= 15 is 0 Å². The standard InChI is InChI=1S/C17H11Cl2F2N3O/c18-11-5-4-10(13(19)6-11)8-24-9-12(7-22-24)23-17(25)16-14(20)2-1-3-15(16)21/h1-7,9H,8H2,(H,23,25). The van der Waals surface area contributed by atoms with Crippen LogP contribution >= 0.6 is 23.2 Å². The van der Waals surface area contributed by atoms with E-state index in [2.05, 4.69) is 10.4 Å². The van der Waals surface area contributed by atoms with Crippen molar-refractivity contribution in [2.24, 2.45) is 0 Å². The highest BCUT2D eigenvalue weighted by molar-refractivity contribution is 6.35. The number of rotatable bonds is 4. The van der Waals surface area contributed by atoms with Crippen molar-refractivity contribution in [2.75, 3.05) is 5.32 Å². The highest BCUT2D eigenvalue weighted by atomic mass is 35.5. The molecule has 2 aromatic carbocycles. The summed E-state index contributed by atoms with van der Waals surface area (Å²) in [5.41, 5.74) is 0.445. The molecule has 1 amide bonds. The van der Waals surface area contributed by atoms with E-state index < -0.39 is 23.1 Å². The number of amides is 1. The van der Waals surface area contributed by atoms with Gasteiger partial charge in [-0.2, -0.15) is 5.10 Å². The van der Waals surface area contributed by atoms with Crippen molar-refractivity contribution in [3.05, 3.63) is 81.6 Å². The molecule has 3 rings (SSSR count). The van der Waals surface area contributed by atoms with Gasteiger partial charge in [0.05, 0.1) is 18.4 Å². The molecule has 0 saturated heterocycles. The van der Waals surface area contributed by atoms with E-state index in [-0.39, 0.29) is 0 Å². The lowest BCUT2D eigenvalue weighted by atomic mass is 10.2. The molecular weight excluding hydrogens is 371 g/mol. The molecule has 0 aliphatic rings. The lowest BCUT2D eigenvalue weighted by Crippen LogP contribution is -2.15. The van der Waals surface area contributed by atoms with E-state index in [1.54, 1.807) is 18.2 Å². The minimum atomic E-state index is -0.933. The van der Waals surface area contributed by atoms with Gasteiger partial charge in [-0.3, -0.25) is 9.48 Å².